The van der Waals surface area contributed by atoms with E-state index in [1.165, 1.54) is 0 Å². The number of nitrogens with one attached hydrogen (secondary N) is 7. The first-order valence-electron chi connectivity index (χ1n) is 22.7. The van der Waals surface area contributed by atoms with Crippen molar-refractivity contribution in [1.82, 2.24) is 36.6 Å². The van der Waals surface area contributed by atoms with Gasteiger partial charge in [0.15, 0.2) is 5.96 Å². The lowest BCUT2D eigenvalue weighted by Gasteiger charge is -2.29. The number of rotatable bonds is 29. The summed E-state index contributed by atoms with van der Waals surface area (Å²) in [5.74, 6) is -5.00. The van der Waals surface area contributed by atoms with E-state index < -0.39 is 71.8 Å². The average molecular weight is 916 g/mol. The van der Waals surface area contributed by atoms with Crippen LogP contribution in [-0.2, 0) is 41.6 Å². The number of hydrogen-bond donors (Lipinski definition) is 13. The number of amides is 5. The SMILES string of the molecule is CC[C@H](C)[C@H](NC(=O)[C@@H](N)CCCN=C(N)N)C(=O)N[C@@H](CCCCN)C(=O)N[C@@H](Cc1c[nH]c2ccccc12)C(=O)N[C@@H](Cc1c[nH]c2ccccc12)C(=O)N[C@@H](CCCCN)C(=O)O. The van der Waals surface area contributed by atoms with Crippen molar-refractivity contribution in [3.8, 4) is 0 Å². The molecule has 66 heavy (non-hydrogen) atoms. The molecule has 4 aromatic rings. The number of carbonyl (C=O) groups is 6. The van der Waals surface area contributed by atoms with Gasteiger partial charge in [0.1, 0.15) is 30.2 Å². The van der Waals surface area contributed by atoms with Gasteiger partial charge in [0, 0.05) is 53.6 Å². The number of nitrogens with zero attached hydrogens (tertiary/aromatic N) is 1. The van der Waals surface area contributed by atoms with Crippen molar-refractivity contribution in [2.24, 2.45) is 39.6 Å². The highest BCUT2D eigenvalue weighted by molar-refractivity contribution is 5.97. The maximum atomic E-state index is 14.7. The number of unbranched alkanes of at least 4 members (excludes halogenated alkanes) is 2. The molecule has 5 amide bonds. The average Bonchev–Trinajstić information content (AvgIpc) is 3.91. The largest absolute Gasteiger partial charge is 0.480 e. The molecule has 0 saturated carbocycles. The molecule has 2 heterocycles. The van der Waals surface area contributed by atoms with E-state index in [0.29, 0.717) is 62.7 Å². The number of guanidine groups is 1. The summed E-state index contributed by atoms with van der Waals surface area (Å²) in [7, 11) is 0. The van der Waals surface area contributed by atoms with E-state index in [-0.39, 0.29) is 50.5 Å². The first kappa shape index (κ1) is 52.1. The molecule has 2 aromatic carbocycles. The van der Waals surface area contributed by atoms with Gasteiger partial charge in [-0.3, -0.25) is 29.0 Å². The maximum Gasteiger partial charge on any atom is 0.326 e. The minimum atomic E-state index is -1.30. The van der Waals surface area contributed by atoms with Crippen LogP contribution in [0.1, 0.15) is 82.8 Å². The highest BCUT2D eigenvalue weighted by Gasteiger charge is 2.35. The van der Waals surface area contributed by atoms with Crippen molar-refractivity contribution in [1.29, 1.82) is 0 Å². The van der Waals surface area contributed by atoms with Crippen LogP contribution in [0.3, 0.4) is 0 Å². The van der Waals surface area contributed by atoms with Crippen LogP contribution in [0.25, 0.3) is 21.8 Å². The second-order valence-corrected chi connectivity index (χ2v) is 16.7. The Labute approximate surface area is 384 Å². The highest BCUT2D eigenvalue weighted by Crippen LogP contribution is 2.22. The summed E-state index contributed by atoms with van der Waals surface area (Å²) < 4.78 is 0. The summed E-state index contributed by atoms with van der Waals surface area (Å²) >= 11 is 0. The lowest BCUT2D eigenvalue weighted by Crippen LogP contribution is -2.60. The summed E-state index contributed by atoms with van der Waals surface area (Å²) in [6.45, 7) is 4.61. The van der Waals surface area contributed by atoms with E-state index in [9.17, 15) is 33.9 Å². The smallest absolute Gasteiger partial charge is 0.326 e. The lowest BCUT2D eigenvalue weighted by molar-refractivity contribution is -0.142. The Morgan fingerprint density at radius 1 is 0.621 bits per heavy atom. The topological polar surface area (TPSA) is 357 Å². The van der Waals surface area contributed by atoms with Gasteiger partial charge in [-0.1, -0.05) is 56.7 Å². The molecule has 0 aliphatic carbocycles. The van der Waals surface area contributed by atoms with Crippen LogP contribution in [-0.4, -0.2) is 112 Å². The monoisotopic (exact) mass is 916 g/mol. The fourth-order valence-corrected chi connectivity index (χ4v) is 7.66. The normalized spacial score (nSPS) is 14.5. The predicted molar refractivity (Wildman–Crippen MR) is 254 cm³/mol. The van der Waals surface area contributed by atoms with Gasteiger partial charge in [0.05, 0.1) is 6.04 Å². The molecule has 0 radical (unpaired) electrons. The number of H-pyrrole nitrogens is 2. The van der Waals surface area contributed by atoms with Crippen LogP contribution < -0.4 is 55.3 Å². The number of carboxylic acid groups (broad SMARTS) is 1. The quantitative estimate of drug-likeness (QED) is 0.0203. The van der Waals surface area contributed by atoms with Crippen LogP contribution in [0.4, 0.5) is 0 Å². The molecule has 0 aliphatic rings. The van der Waals surface area contributed by atoms with Gasteiger partial charge in [0.25, 0.3) is 0 Å². The summed E-state index contributed by atoms with van der Waals surface area (Å²) in [6, 6.07) is 7.85. The van der Waals surface area contributed by atoms with Gasteiger partial charge >= 0.3 is 5.97 Å². The van der Waals surface area contributed by atoms with Crippen LogP contribution in [0, 0.1) is 5.92 Å². The molecule has 2 aromatic heterocycles. The number of para-hydroxylation sites is 2. The summed E-state index contributed by atoms with van der Waals surface area (Å²) in [6.07, 6.45) is 6.84. The molecule has 0 spiro atoms. The van der Waals surface area contributed by atoms with Crippen LogP contribution in [0.15, 0.2) is 65.9 Å². The molecule has 0 unspecified atom stereocenters. The number of carbonyl (C=O) groups excluding carboxylic acids is 5. The molecule has 0 fully saturated rings. The van der Waals surface area contributed by atoms with Crippen LogP contribution in [0.5, 0.6) is 0 Å². The number of aromatic nitrogens is 2. The first-order chi connectivity index (χ1) is 31.7. The molecule has 20 heteroatoms. The van der Waals surface area contributed by atoms with Crippen LogP contribution >= 0.6 is 0 Å². The van der Waals surface area contributed by atoms with Gasteiger partial charge in [-0.05, 0) is 93.6 Å². The number of aromatic amines is 2. The van der Waals surface area contributed by atoms with E-state index in [0.717, 1.165) is 21.8 Å². The molecule has 4 rings (SSSR count). The Bertz CT molecular complexity index is 2250. The number of fused-ring (bicyclic) bond motifs is 2. The molecular weight excluding hydrogens is 847 g/mol. The van der Waals surface area contributed by atoms with Gasteiger partial charge in [-0.25, -0.2) is 4.79 Å². The van der Waals surface area contributed by atoms with Gasteiger partial charge in [0.2, 0.25) is 29.5 Å². The standard InChI is InChI=1S/C46H69N13O7/c1-3-27(2)39(59-40(60)32(49)15-12-22-52-46(50)51)44(64)55-35(18-8-10-20-47)41(61)57-38(24-29-26-54-34-17-7-5-14-31(29)34)43(63)58-37(23-28-25-53-33-16-6-4-13-30(28)33)42(62)56-36(45(65)66)19-9-11-21-48/h4-7,13-14,16-17,25-27,32,35-39,53-54H,3,8-12,15,18-24,47-49H2,1-2H3,(H,55,64)(H,56,62)(H,57,61)(H,58,63)(H,59,60)(H,65,66)(H4,50,51,52)/t27-,32-,35-,36-,37-,38-,39-/m0/s1. The lowest BCUT2D eigenvalue weighted by atomic mass is 9.96. The van der Waals surface area contributed by atoms with E-state index in [1.807, 2.05) is 55.5 Å². The number of aliphatic imine (C=N–C) groups is 1. The Morgan fingerprint density at radius 3 is 1.58 bits per heavy atom. The van der Waals surface area contributed by atoms with E-state index in [1.54, 1.807) is 19.3 Å². The number of nitrogens with two attached hydrogens (primary N) is 5. The fraction of sp³-hybridized carbons (Fsp3) is 0.500. The van der Waals surface area contributed by atoms with E-state index in [2.05, 4.69) is 41.5 Å². The number of aliphatic carboxylic acids is 1. The zero-order chi connectivity index (χ0) is 48.2. The minimum Gasteiger partial charge on any atom is -0.480 e. The Balaban J connectivity index is 1.65. The zero-order valence-corrected chi connectivity index (χ0v) is 37.9. The fourth-order valence-electron chi connectivity index (χ4n) is 7.66. The Morgan fingerprint density at radius 2 is 1.09 bits per heavy atom. The molecule has 18 N–H and O–H groups in total. The van der Waals surface area contributed by atoms with Crippen molar-refractivity contribution >= 4 is 63.3 Å². The van der Waals surface area contributed by atoms with Crippen molar-refractivity contribution in [3.63, 3.8) is 0 Å². The maximum absolute atomic E-state index is 14.7. The van der Waals surface area contributed by atoms with E-state index >= 15 is 0 Å². The third-order valence-electron chi connectivity index (χ3n) is 11.7. The number of benzene rings is 2. The van der Waals surface area contributed by atoms with Crippen molar-refractivity contribution in [3.05, 3.63) is 72.1 Å². The summed E-state index contributed by atoms with van der Waals surface area (Å²) in [5, 5.41) is 25.6. The van der Waals surface area contributed by atoms with E-state index in [4.69, 9.17) is 28.7 Å². The predicted octanol–water partition coefficient (Wildman–Crippen LogP) is 0.628. The summed E-state index contributed by atoms with van der Waals surface area (Å²) in [4.78, 5) is 93.2. The molecule has 360 valence electrons. The highest BCUT2D eigenvalue weighted by atomic mass is 16.4. The molecule has 0 bridgehead atoms. The van der Waals surface area contributed by atoms with Crippen molar-refractivity contribution in [2.45, 2.75) is 121 Å². The second kappa shape index (κ2) is 26.5. The van der Waals surface area contributed by atoms with Gasteiger partial charge < -0.3 is 70.3 Å². The Hall–Kier alpha value is -6.51. The molecule has 7 atom stereocenters. The number of carboxylic acids is 1. The number of hydrogen-bond acceptors (Lipinski definition) is 10. The molecule has 20 nitrogen and oxygen atoms in total. The van der Waals surface area contributed by atoms with Crippen molar-refractivity contribution in [2.75, 3.05) is 19.6 Å². The molecular formula is C46H69N13O7. The minimum absolute atomic E-state index is 0.0229. The summed E-state index contributed by atoms with van der Waals surface area (Å²) in [5.41, 5.74) is 31.4. The first-order valence-corrected chi connectivity index (χ1v) is 22.7. The van der Waals surface area contributed by atoms with Gasteiger partial charge in [-0.15, -0.1) is 0 Å². The molecule has 0 aliphatic heterocycles. The third kappa shape index (κ3) is 15.6. The van der Waals surface area contributed by atoms with Crippen LogP contribution in [0.2, 0.25) is 0 Å². The second-order valence-electron chi connectivity index (χ2n) is 16.7. The van der Waals surface area contributed by atoms with Crippen molar-refractivity contribution < 1.29 is 33.9 Å². The Kier molecular flexibility index (Phi) is 20.9. The molecule has 0 saturated heterocycles. The zero-order valence-electron chi connectivity index (χ0n) is 37.9. The van der Waals surface area contributed by atoms with Gasteiger partial charge in [-0.2, -0.15) is 0 Å². The third-order valence-corrected chi connectivity index (χ3v) is 11.7.